The maximum Gasteiger partial charge on any atom is 0.191 e. The molecule has 2 N–H and O–H groups in total. The van der Waals surface area contributed by atoms with E-state index in [1.165, 1.54) is 0 Å². The van der Waals surface area contributed by atoms with Crippen molar-refractivity contribution in [2.45, 2.75) is 26.3 Å². The number of halogens is 1. The van der Waals surface area contributed by atoms with E-state index in [-0.39, 0.29) is 30.0 Å². The number of nitrogens with one attached hydrogen (secondary N) is 2. The maximum absolute atomic E-state index is 5.82. The highest BCUT2D eigenvalue weighted by atomic mass is 127. The zero-order valence-corrected chi connectivity index (χ0v) is 17.0. The standard InChI is InChI=1S/C19H23N3O2.HI/c1-13-8-9-17(23-13)14(2)22-19(20-3)21-11-10-16-12-15-6-4-5-7-18(15)24-16;/h4-9,12,14H,10-11H2,1-3H3,(H2,20,21,22);1H. The summed E-state index contributed by atoms with van der Waals surface area (Å²) in [5.74, 6) is 3.51. The average Bonchev–Trinajstić information content (AvgIpc) is 3.19. The summed E-state index contributed by atoms with van der Waals surface area (Å²) in [5, 5.41) is 7.77. The van der Waals surface area contributed by atoms with Crippen LogP contribution in [0.3, 0.4) is 0 Å². The van der Waals surface area contributed by atoms with Gasteiger partial charge in [-0.15, -0.1) is 24.0 Å². The number of benzene rings is 1. The first-order valence-corrected chi connectivity index (χ1v) is 8.16. The van der Waals surface area contributed by atoms with Gasteiger partial charge in [0.1, 0.15) is 22.9 Å². The van der Waals surface area contributed by atoms with E-state index >= 15 is 0 Å². The van der Waals surface area contributed by atoms with Crippen LogP contribution >= 0.6 is 24.0 Å². The van der Waals surface area contributed by atoms with Crippen LogP contribution in [-0.4, -0.2) is 19.6 Å². The molecule has 0 bridgehead atoms. The van der Waals surface area contributed by atoms with Gasteiger partial charge in [-0.2, -0.15) is 0 Å². The first-order chi connectivity index (χ1) is 11.7. The lowest BCUT2D eigenvalue weighted by molar-refractivity contribution is 0.441. The molecule has 0 aliphatic heterocycles. The third-order valence-corrected chi connectivity index (χ3v) is 3.91. The fraction of sp³-hybridized carbons (Fsp3) is 0.316. The van der Waals surface area contributed by atoms with Crippen LogP contribution in [0.15, 0.2) is 56.3 Å². The number of aliphatic imine (C=N–C) groups is 1. The summed E-state index contributed by atoms with van der Waals surface area (Å²) in [5.41, 5.74) is 0.928. The lowest BCUT2D eigenvalue weighted by Crippen LogP contribution is -2.39. The summed E-state index contributed by atoms with van der Waals surface area (Å²) in [6.45, 7) is 4.73. The highest BCUT2D eigenvalue weighted by Gasteiger charge is 2.11. The molecule has 0 amide bonds. The van der Waals surface area contributed by atoms with Crippen LogP contribution in [-0.2, 0) is 6.42 Å². The Labute approximate surface area is 164 Å². The Hall–Kier alpha value is -1.96. The van der Waals surface area contributed by atoms with Gasteiger partial charge in [0.05, 0.1) is 6.04 Å². The number of aryl methyl sites for hydroxylation is 1. The van der Waals surface area contributed by atoms with Crippen molar-refractivity contribution in [1.82, 2.24) is 10.6 Å². The van der Waals surface area contributed by atoms with Gasteiger partial charge in [0, 0.05) is 25.4 Å². The van der Waals surface area contributed by atoms with Gasteiger partial charge < -0.3 is 19.5 Å². The van der Waals surface area contributed by atoms with Crippen LogP contribution in [0, 0.1) is 6.92 Å². The molecule has 0 saturated heterocycles. The summed E-state index contributed by atoms with van der Waals surface area (Å²) in [6.07, 6.45) is 0.795. The molecule has 134 valence electrons. The molecule has 0 aliphatic carbocycles. The lowest BCUT2D eigenvalue weighted by Gasteiger charge is -2.16. The molecular formula is C19H24IN3O2. The lowest BCUT2D eigenvalue weighted by atomic mass is 10.2. The third kappa shape index (κ3) is 5.01. The molecule has 0 saturated carbocycles. The summed E-state index contributed by atoms with van der Waals surface area (Å²) in [7, 11) is 1.76. The molecule has 1 aromatic carbocycles. The van der Waals surface area contributed by atoms with Crippen LogP contribution < -0.4 is 10.6 Å². The predicted molar refractivity (Wildman–Crippen MR) is 112 cm³/mol. The van der Waals surface area contributed by atoms with Crippen LogP contribution in [0.25, 0.3) is 11.0 Å². The van der Waals surface area contributed by atoms with Crippen molar-refractivity contribution < 1.29 is 8.83 Å². The van der Waals surface area contributed by atoms with E-state index in [9.17, 15) is 0 Å². The van der Waals surface area contributed by atoms with E-state index in [2.05, 4.69) is 27.8 Å². The fourth-order valence-corrected chi connectivity index (χ4v) is 2.62. The number of para-hydroxylation sites is 1. The average molecular weight is 453 g/mol. The Morgan fingerprint density at radius 3 is 2.64 bits per heavy atom. The maximum atomic E-state index is 5.82. The molecule has 6 heteroatoms. The van der Waals surface area contributed by atoms with Gasteiger partial charge in [-0.1, -0.05) is 18.2 Å². The van der Waals surface area contributed by atoms with Crippen LogP contribution in [0.5, 0.6) is 0 Å². The molecule has 25 heavy (non-hydrogen) atoms. The molecule has 5 nitrogen and oxygen atoms in total. The van der Waals surface area contributed by atoms with Crippen molar-refractivity contribution >= 4 is 40.9 Å². The minimum atomic E-state index is 0. The number of fused-ring (bicyclic) bond motifs is 1. The Morgan fingerprint density at radius 1 is 1.16 bits per heavy atom. The second kappa shape index (κ2) is 8.94. The Balaban J connectivity index is 0.00000225. The van der Waals surface area contributed by atoms with Gasteiger partial charge in [-0.25, -0.2) is 0 Å². The van der Waals surface area contributed by atoms with E-state index in [0.29, 0.717) is 0 Å². The highest BCUT2D eigenvalue weighted by Crippen LogP contribution is 2.19. The number of hydrogen-bond acceptors (Lipinski definition) is 3. The largest absolute Gasteiger partial charge is 0.464 e. The van der Waals surface area contributed by atoms with Crippen LogP contribution in [0.2, 0.25) is 0 Å². The third-order valence-electron chi connectivity index (χ3n) is 3.91. The zero-order chi connectivity index (χ0) is 16.9. The van der Waals surface area contributed by atoms with Gasteiger partial charge >= 0.3 is 0 Å². The SMILES string of the molecule is CN=C(NCCc1cc2ccccc2o1)NC(C)c1ccc(C)o1.I. The zero-order valence-electron chi connectivity index (χ0n) is 14.7. The molecule has 3 rings (SSSR count). The molecule has 2 heterocycles. The number of hydrogen-bond donors (Lipinski definition) is 2. The second-order valence-corrected chi connectivity index (χ2v) is 5.81. The molecule has 2 aromatic heterocycles. The Bertz CT molecular complexity index is 805. The van der Waals surface area contributed by atoms with Crippen LogP contribution in [0.1, 0.15) is 30.2 Å². The molecule has 1 unspecified atom stereocenters. The highest BCUT2D eigenvalue weighted by molar-refractivity contribution is 14.0. The molecule has 3 aromatic rings. The molecular weight excluding hydrogens is 429 g/mol. The Morgan fingerprint density at radius 2 is 1.96 bits per heavy atom. The second-order valence-electron chi connectivity index (χ2n) is 5.81. The van der Waals surface area contributed by atoms with E-state index in [0.717, 1.165) is 47.2 Å². The van der Waals surface area contributed by atoms with E-state index in [1.807, 2.05) is 44.2 Å². The van der Waals surface area contributed by atoms with Crippen molar-refractivity contribution in [3.05, 3.63) is 59.7 Å². The Kier molecular flexibility index (Phi) is 6.92. The smallest absolute Gasteiger partial charge is 0.191 e. The number of nitrogens with zero attached hydrogens (tertiary/aromatic N) is 1. The molecule has 0 radical (unpaired) electrons. The van der Waals surface area contributed by atoms with E-state index in [4.69, 9.17) is 8.83 Å². The van der Waals surface area contributed by atoms with Crippen molar-refractivity contribution in [1.29, 1.82) is 0 Å². The molecule has 0 spiro atoms. The molecule has 0 fully saturated rings. The monoisotopic (exact) mass is 453 g/mol. The van der Waals surface area contributed by atoms with Crippen molar-refractivity contribution in [3.8, 4) is 0 Å². The topological polar surface area (TPSA) is 62.7 Å². The summed E-state index contributed by atoms with van der Waals surface area (Å²) >= 11 is 0. The summed E-state index contributed by atoms with van der Waals surface area (Å²) < 4.78 is 11.5. The number of guanidine groups is 1. The normalized spacial score (nSPS) is 12.7. The first-order valence-electron chi connectivity index (χ1n) is 8.16. The van der Waals surface area contributed by atoms with Crippen LogP contribution in [0.4, 0.5) is 0 Å². The van der Waals surface area contributed by atoms with E-state index < -0.39 is 0 Å². The minimum absolute atomic E-state index is 0. The van der Waals surface area contributed by atoms with E-state index in [1.54, 1.807) is 7.05 Å². The van der Waals surface area contributed by atoms with Gasteiger partial charge in [0.15, 0.2) is 5.96 Å². The number of furan rings is 2. The summed E-state index contributed by atoms with van der Waals surface area (Å²) in [6, 6.07) is 14.1. The van der Waals surface area contributed by atoms with Gasteiger partial charge in [0.2, 0.25) is 0 Å². The first kappa shape index (κ1) is 19.4. The van der Waals surface area contributed by atoms with Crippen molar-refractivity contribution in [2.75, 3.05) is 13.6 Å². The molecule has 1 atom stereocenters. The quantitative estimate of drug-likeness (QED) is 0.341. The fourth-order valence-electron chi connectivity index (χ4n) is 2.62. The van der Waals surface area contributed by atoms with Gasteiger partial charge in [0.25, 0.3) is 0 Å². The summed E-state index contributed by atoms with van der Waals surface area (Å²) in [4.78, 5) is 4.26. The van der Waals surface area contributed by atoms with Gasteiger partial charge in [-0.05, 0) is 38.1 Å². The molecule has 0 aliphatic rings. The van der Waals surface area contributed by atoms with Crippen molar-refractivity contribution in [3.63, 3.8) is 0 Å². The predicted octanol–water partition coefficient (Wildman–Crippen LogP) is 4.42. The number of rotatable bonds is 5. The van der Waals surface area contributed by atoms with Gasteiger partial charge in [-0.3, -0.25) is 4.99 Å². The van der Waals surface area contributed by atoms with Crippen molar-refractivity contribution in [2.24, 2.45) is 4.99 Å². The minimum Gasteiger partial charge on any atom is -0.464 e.